The SMILES string of the molecule is C[N+]1=C=[N+](c2[c-]cc(C(F)(F)F)cc2)c2nc(C(C)(C)C)cnc21.C[N+]1=C=[N+](c2[c-]cc(C(F)(F)F)cc2)c2nc(C(C)(C)C)ncc21.C[N+]1=C=[N+](c2[c-]cc(C(F)(F)F)cc2)c2nc(C(C)(C)C)ncc21.[Ir+3]. The molecule has 0 bridgehead atoms. The van der Waals surface area contributed by atoms with E-state index >= 15 is 0 Å². The van der Waals surface area contributed by atoms with Crippen LogP contribution in [0, 0.1) is 18.2 Å². The van der Waals surface area contributed by atoms with E-state index in [9.17, 15) is 39.5 Å². The molecular weight excluding hydrogens is 1140 g/mol. The maximum Gasteiger partial charge on any atom is 3.00 e. The molecule has 0 aliphatic carbocycles. The van der Waals surface area contributed by atoms with Gasteiger partial charge in [-0.05, 0) is 0 Å². The third-order valence-corrected chi connectivity index (χ3v) is 10.9. The molecule has 0 atom stereocenters. The predicted octanol–water partition coefficient (Wildman–Crippen LogP) is 11.7. The van der Waals surface area contributed by atoms with Crippen molar-refractivity contribution in [3.63, 3.8) is 0 Å². The van der Waals surface area contributed by atoms with Crippen LogP contribution in [0.1, 0.15) is 96.3 Å². The first-order chi connectivity index (χ1) is 33.2. The van der Waals surface area contributed by atoms with Gasteiger partial charge in [0.25, 0.3) is 0 Å². The number of hydrogen-bond acceptors (Lipinski definition) is 6. The Hall–Kier alpha value is -6.94. The van der Waals surface area contributed by atoms with Gasteiger partial charge >= 0.3 is 91.3 Å². The molecule has 73 heavy (non-hydrogen) atoms. The number of aromatic nitrogens is 6. The van der Waals surface area contributed by atoms with E-state index in [2.05, 4.69) is 66.1 Å². The molecule has 6 aromatic rings. The van der Waals surface area contributed by atoms with Gasteiger partial charge in [0.2, 0.25) is 0 Å². The quantitative estimate of drug-likeness (QED) is 0.0995. The van der Waals surface area contributed by atoms with E-state index in [-0.39, 0.29) is 36.4 Å². The third-order valence-electron chi connectivity index (χ3n) is 10.9. The number of fused-ring (bicyclic) bond motifs is 3. The standard InChI is InChI=1S/3C17H16F3N4.Ir/c1-16(2,3)13-9-21-14-15(22-13)24(10-23(14)4)12-7-5-11(6-8-12)17(18,19)20;2*1-16(2,3)15-21-9-13-14(22-15)24(10-23(13)4)12-7-5-11(6-8-12)17(18,19)20;/h3*5-7,9H,1-4H3;/q3*+1;+3. The summed E-state index contributed by atoms with van der Waals surface area (Å²) in [5, 5.41) is 0. The van der Waals surface area contributed by atoms with Crippen LogP contribution in [0.3, 0.4) is 0 Å². The van der Waals surface area contributed by atoms with E-state index in [4.69, 9.17) is 0 Å². The summed E-state index contributed by atoms with van der Waals surface area (Å²) < 4.78 is 124. The van der Waals surface area contributed by atoms with Gasteiger partial charge in [-0.1, -0.05) is 109 Å². The summed E-state index contributed by atoms with van der Waals surface area (Å²) in [6.45, 7) is 18.0. The fourth-order valence-electron chi connectivity index (χ4n) is 6.83. The molecule has 0 radical (unpaired) electrons. The topological polar surface area (TPSA) is 95.4 Å². The zero-order chi connectivity index (χ0) is 53.1. The molecular formula is C51H48F9IrN12+6. The van der Waals surface area contributed by atoms with Crippen LogP contribution >= 0.6 is 0 Å². The molecule has 3 aliphatic rings. The van der Waals surface area contributed by atoms with Crippen LogP contribution in [0.5, 0.6) is 0 Å². The van der Waals surface area contributed by atoms with Gasteiger partial charge in [-0.15, -0.1) is 33.4 Å². The van der Waals surface area contributed by atoms with Gasteiger partial charge in [0.05, 0.1) is 5.69 Å². The van der Waals surface area contributed by atoms with E-state index in [0.29, 0.717) is 52.0 Å². The molecule has 0 fully saturated rings. The van der Waals surface area contributed by atoms with E-state index in [1.54, 1.807) is 67.2 Å². The van der Waals surface area contributed by atoms with Crippen molar-refractivity contribution in [1.29, 1.82) is 0 Å². The smallest absolute Gasteiger partial charge is 0.233 e. The summed E-state index contributed by atoms with van der Waals surface area (Å²) in [6.07, 6.45) is -8.06. The largest absolute Gasteiger partial charge is 3.00 e. The molecule has 12 nitrogen and oxygen atoms in total. The number of nitrogens with zero attached hydrogens (tertiary/aromatic N) is 12. The molecule has 6 heterocycles. The molecule has 378 valence electrons. The monoisotopic (exact) mass is 1190 g/mol. The minimum absolute atomic E-state index is 0. The number of benzene rings is 3. The normalized spacial score (nSPS) is 14.1. The van der Waals surface area contributed by atoms with Crippen LogP contribution in [-0.4, -0.2) is 82.8 Å². The Morgan fingerprint density at radius 2 is 0.753 bits per heavy atom. The Morgan fingerprint density at radius 3 is 1.05 bits per heavy atom. The summed E-state index contributed by atoms with van der Waals surface area (Å²) in [5.74, 6) is 3.57. The van der Waals surface area contributed by atoms with Crippen LogP contribution < -0.4 is 13.7 Å². The average molecular weight is 1190 g/mol. The molecule has 0 saturated carbocycles. The Morgan fingerprint density at radius 1 is 0.411 bits per heavy atom. The second kappa shape index (κ2) is 19.8. The molecule has 0 unspecified atom stereocenters. The molecule has 9 rings (SSSR count). The molecule has 0 amide bonds. The number of halogens is 9. The van der Waals surface area contributed by atoms with E-state index in [0.717, 1.165) is 53.5 Å². The van der Waals surface area contributed by atoms with Crippen molar-refractivity contribution in [2.75, 3.05) is 21.1 Å². The average Bonchev–Trinajstić information content (AvgIpc) is 3.94. The van der Waals surface area contributed by atoms with Crippen LogP contribution in [0.25, 0.3) is 0 Å². The Kier molecular flexibility index (Phi) is 15.0. The molecule has 3 aliphatic heterocycles. The van der Waals surface area contributed by atoms with E-state index in [1.807, 2.05) is 62.3 Å². The zero-order valence-electron chi connectivity index (χ0n) is 41.5. The van der Waals surface area contributed by atoms with Crippen molar-refractivity contribution in [2.24, 2.45) is 0 Å². The summed E-state index contributed by atoms with van der Waals surface area (Å²) in [7, 11) is 5.32. The van der Waals surface area contributed by atoms with Gasteiger partial charge in [0.1, 0.15) is 48.2 Å². The predicted molar refractivity (Wildman–Crippen MR) is 250 cm³/mol. The summed E-state index contributed by atoms with van der Waals surface area (Å²) in [4.78, 5) is 26.9. The summed E-state index contributed by atoms with van der Waals surface area (Å²) in [5.41, 5.74) is 0.648. The minimum Gasteiger partial charge on any atom is -0.233 e. The second-order valence-corrected chi connectivity index (χ2v) is 19.8. The Balaban J connectivity index is 0.000000177. The Labute approximate surface area is 428 Å². The first-order valence-corrected chi connectivity index (χ1v) is 22.0. The molecule has 0 N–H and O–H groups in total. The zero-order valence-corrected chi connectivity index (χ0v) is 43.9. The summed E-state index contributed by atoms with van der Waals surface area (Å²) >= 11 is 0. The molecule has 22 heteroatoms. The number of hydrogen-bond donors (Lipinski definition) is 0. The van der Waals surface area contributed by atoms with E-state index < -0.39 is 35.2 Å². The fourth-order valence-corrected chi connectivity index (χ4v) is 6.83. The van der Waals surface area contributed by atoms with Gasteiger partial charge in [0.15, 0.2) is 20.3 Å². The summed E-state index contributed by atoms with van der Waals surface area (Å²) in [6, 6.07) is 27.0. The van der Waals surface area contributed by atoms with Crippen molar-refractivity contribution in [1.82, 2.24) is 43.6 Å². The van der Waals surface area contributed by atoms with Gasteiger partial charge in [-0.2, -0.15) is 90.9 Å². The first kappa shape index (κ1) is 55.4. The van der Waals surface area contributed by atoms with Crippen molar-refractivity contribution in [3.05, 3.63) is 125 Å². The van der Waals surface area contributed by atoms with Crippen LogP contribution in [0.15, 0.2) is 73.2 Å². The van der Waals surface area contributed by atoms with Gasteiger partial charge in [0, 0.05) is 21.2 Å². The number of rotatable bonds is 3. The number of alkyl halides is 9. The van der Waals surface area contributed by atoms with Crippen molar-refractivity contribution < 1.29 is 73.3 Å². The van der Waals surface area contributed by atoms with Crippen molar-refractivity contribution in [2.45, 2.75) is 97.1 Å². The van der Waals surface area contributed by atoms with Crippen LogP contribution in [-0.2, 0) is 54.9 Å². The van der Waals surface area contributed by atoms with Crippen molar-refractivity contribution in [3.8, 4) is 0 Å². The van der Waals surface area contributed by atoms with Gasteiger partial charge < -0.3 is 0 Å². The third kappa shape index (κ3) is 12.1. The van der Waals surface area contributed by atoms with Crippen LogP contribution in [0.4, 0.5) is 91.2 Å². The minimum atomic E-state index is -4.39. The van der Waals surface area contributed by atoms with E-state index in [1.165, 1.54) is 18.2 Å². The van der Waals surface area contributed by atoms with Gasteiger partial charge in [-0.3, -0.25) is 0 Å². The molecule has 3 aromatic heterocycles. The Bertz CT molecular complexity index is 2970. The van der Waals surface area contributed by atoms with Crippen LogP contribution in [0.2, 0.25) is 0 Å². The maximum atomic E-state index is 12.7. The molecule has 3 aromatic carbocycles. The second-order valence-electron chi connectivity index (χ2n) is 19.8. The van der Waals surface area contributed by atoms with Gasteiger partial charge in [-0.25, -0.2) is 9.97 Å². The fraction of sp³-hybridized carbons (Fsp3) is 0.353. The molecule has 0 saturated heterocycles. The van der Waals surface area contributed by atoms with Crippen molar-refractivity contribution >= 4 is 69.7 Å². The maximum absolute atomic E-state index is 12.7. The molecule has 0 spiro atoms. The first-order valence-electron chi connectivity index (χ1n) is 22.0.